The highest BCUT2D eigenvalue weighted by atomic mass is 35.5. The molecule has 0 saturated heterocycles. The normalized spacial score (nSPS) is 13.0. The third-order valence-corrected chi connectivity index (χ3v) is 2.71. The van der Waals surface area contributed by atoms with Crippen LogP contribution in [0.25, 0.3) is 6.08 Å². The lowest BCUT2D eigenvalue weighted by Crippen LogP contribution is -2.21. The maximum absolute atomic E-state index is 11.4. The van der Waals surface area contributed by atoms with Crippen LogP contribution in [0.4, 0.5) is 0 Å². The summed E-state index contributed by atoms with van der Waals surface area (Å²) in [5.41, 5.74) is 0.802. The van der Waals surface area contributed by atoms with E-state index >= 15 is 0 Å². The summed E-state index contributed by atoms with van der Waals surface area (Å²) in [6, 6.07) is 3.52. The van der Waals surface area contributed by atoms with Gasteiger partial charge in [0.25, 0.3) is 0 Å². The van der Waals surface area contributed by atoms with Gasteiger partial charge in [0, 0.05) is 12.6 Å². The standard InChI is InChI=1S/C13H14ClNO3/c1-2-5-15-12(16)4-3-9-6-10(14)13-11(7-9)17-8-18-13/h3-4,6-7H,2,5,8H2,1H3,(H,15,16)/b4-3-. The van der Waals surface area contributed by atoms with Gasteiger partial charge >= 0.3 is 0 Å². The predicted molar refractivity (Wildman–Crippen MR) is 69.9 cm³/mol. The van der Waals surface area contributed by atoms with Crippen LogP contribution in [-0.4, -0.2) is 19.2 Å². The van der Waals surface area contributed by atoms with Gasteiger partial charge in [-0.1, -0.05) is 18.5 Å². The summed E-state index contributed by atoms with van der Waals surface area (Å²) >= 11 is 6.03. The maximum Gasteiger partial charge on any atom is 0.243 e. The Labute approximate surface area is 111 Å². The topological polar surface area (TPSA) is 47.6 Å². The third kappa shape index (κ3) is 2.96. The largest absolute Gasteiger partial charge is 0.454 e. The first-order chi connectivity index (χ1) is 8.70. The Morgan fingerprint density at radius 1 is 1.50 bits per heavy atom. The first-order valence-electron chi connectivity index (χ1n) is 5.75. The Balaban J connectivity index is 2.08. The molecule has 2 rings (SSSR count). The summed E-state index contributed by atoms with van der Waals surface area (Å²) < 4.78 is 10.5. The number of hydrogen-bond acceptors (Lipinski definition) is 3. The average molecular weight is 268 g/mol. The SMILES string of the molecule is CCCNC(=O)/C=C\c1cc(Cl)c2c(c1)OCO2. The van der Waals surface area contributed by atoms with Crippen molar-refractivity contribution in [3.05, 3.63) is 28.8 Å². The van der Waals surface area contributed by atoms with Gasteiger partial charge in [-0.3, -0.25) is 4.79 Å². The molecule has 0 radical (unpaired) electrons. The van der Waals surface area contributed by atoms with Crippen molar-refractivity contribution >= 4 is 23.6 Å². The second-order valence-electron chi connectivity index (χ2n) is 3.86. The number of halogens is 1. The van der Waals surface area contributed by atoms with Crippen LogP contribution in [0.3, 0.4) is 0 Å². The van der Waals surface area contributed by atoms with Crippen molar-refractivity contribution in [1.29, 1.82) is 0 Å². The smallest absolute Gasteiger partial charge is 0.243 e. The molecule has 0 spiro atoms. The number of nitrogens with one attached hydrogen (secondary N) is 1. The molecule has 1 aromatic carbocycles. The maximum atomic E-state index is 11.4. The molecule has 0 aliphatic carbocycles. The number of carbonyl (C=O) groups is 1. The van der Waals surface area contributed by atoms with Crippen LogP contribution < -0.4 is 14.8 Å². The van der Waals surface area contributed by atoms with Gasteiger partial charge in [0.1, 0.15) is 0 Å². The van der Waals surface area contributed by atoms with E-state index in [4.69, 9.17) is 21.1 Å². The number of hydrogen-bond donors (Lipinski definition) is 1. The zero-order valence-electron chi connectivity index (χ0n) is 10.0. The summed E-state index contributed by atoms with van der Waals surface area (Å²) in [4.78, 5) is 11.4. The van der Waals surface area contributed by atoms with Crippen LogP contribution in [0.1, 0.15) is 18.9 Å². The van der Waals surface area contributed by atoms with Crippen molar-refractivity contribution < 1.29 is 14.3 Å². The molecule has 0 saturated carbocycles. The zero-order valence-corrected chi connectivity index (χ0v) is 10.8. The molecule has 1 amide bonds. The highest BCUT2D eigenvalue weighted by Crippen LogP contribution is 2.39. The highest BCUT2D eigenvalue weighted by molar-refractivity contribution is 6.32. The lowest BCUT2D eigenvalue weighted by Gasteiger charge is -2.01. The van der Waals surface area contributed by atoms with E-state index in [-0.39, 0.29) is 12.7 Å². The monoisotopic (exact) mass is 267 g/mol. The van der Waals surface area contributed by atoms with Crippen molar-refractivity contribution in [2.75, 3.05) is 13.3 Å². The fraction of sp³-hybridized carbons (Fsp3) is 0.308. The molecule has 0 aromatic heterocycles. The number of benzene rings is 1. The number of carbonyl (C=O) groups excluding carboxylic acids is 1. The zero-order chi connectivity index (χ0) is 13.0. The van der Waals surface area contributed by atoms with E-state index in [9.17, 15) is 4.79 Å². The Bertz CT molecular complexity index is 485. The van der Waals surface area contributed by atoms with E-state index < -0.39 is 0 Å². The lowest BCUT2D eigenvalue weighted by molar-refractivity contribution is -0.116. The molecular formula is C13H14ClNO3. The second kappa shape index (κ2) is 5.78. The van der Waals surface area contributed by atoms with Crippen LogP contribution in [-0.2, 0) is 4.79 Å². The molecule has 1 aliphatic heterocycles. The first kappa shape index (κ1) is 12.8. The molecule has 0 fully saturated rings. The van der Waals surface area contributed by atoms with E-state index in [2.05, 4.69) is 5.32 Å². The molecular weight excluding hydrogens is 254 g/mol. The molecule has 18 heavy (non-hydrogen) atoms. The summed E-state index contributed by atoms with van der Waals surface area (Å²) in [5.74, 6) is 1.05. The molecule has 1 N–H and O–H groups in total. The molecule has 5 heteroatoms. The summed E-state index contributed by atoms with van der Waals surface area (Å²) in [5, 5.41) is 3.24. The predicted octanol–water partition coefficient (Wildman–Crippen LogP) is 2.61. The minimum atomic E-state index is -0.120. The van der Waals surface area contributed by atoms with Crippen LogP contribution in [0.2, 0.25) is 5.02 Å². The fourth-order valence-electron chi connectivity index (χ4n) is 1.56. The lowest BCUT2D eigenvalue weighted by atomic mass is 10.2. The molecule has 1 heterocycles. The molecule has 1 aliphatic rings. The van der Waals surface area contributed by atoms with E-state index in [0.717, 1.165) is 12.0 Å². The van der Waals surface area contributed by atoms with Gasteiger partial charge in [0.2, 0.25) is 12.7 Å². The molecule has 96 valence electrons. The Hall–Kier alpha value is -1.68. The molecule has 0 atom stereocenters. The van der Waals surface area contributed by atoms with Crippen molar-refractivity contribution in [3.63, 3.8) is 0 Å². The molecule has 0 bridgehead atoms. The fourth-order valence-corrected chi connectivity index (χ4v) is 1.84. The summed E-state index contributed by atoms with van der Waals surface area (Å²) in [7, 11) is 0. The van der Waals surface area contributed by atoms with Crippen LogP contribution in [0.5, 0.6) is 11.5 Å². The first-order valence-corrected chi connectivity index (χ1v) is 6.13. The highest BCUT2D eigenvalue weighted by Gasteiger charge is 2.17. The van der Waals surface area contributed by atoms with Gasteiger partial charge in [-0.05, 0) is 30.2 Å². The number of fused-ring (bicyclic) bond motifs is 1. The van der Waals surface area contributed by atoms with Gasteiger partial charge in [0.05, 0.1) is 5.02 Å². The van der Waals surface area contributed by atoms with Gasteiger partial charge in [0.15, 0.2) is 11.5 Å². The van der Waals surface area contributed by atoms with Crippen molar-refractivity contribution in [1.82, 2.24) is 5.32 Å². The molecule has 1 aromatic rings. The number of ether oxygens (including phenoxy) is 2. The van der Waals surface area contributed by atoms with E-state index in [1.165, 1.54) is 6.08 Å². The summed E-state index contributed by atoms with van der Waals surface area (Å²) in [6.45, 7) is 2.85. The van der Waals surface area contributed by atoms with Gasteiger partial charge < -0.3 is 14.8 Å². The number of rotatable bonds is 4. The van der Waals surface area contributed by atoms with Crippen molar-refractivity contribution in [2.45, 2.75) is 13.3 Å². The van der Waals surface area contributed by atoms with Crippen molar-refractivity contribution in [3.8, 4) is 11.5 Å². The average Bonchev–Trinajstić information content (AvgIpc) is 2.82. The third-order valence-electron chi connectivity index (χ3n) is 2.43. The van der Waals surface area contributed by atoms with Gasteiger partial charge in [-0.25, -0.2) is 0 Å². The van der Waals surface area contributed by atoms with Crippen LogP contribution in [0, 0.1) is 0 Å². The van der Waals surface area contributed by atoms with Crippen LogP contribution in [0.15, 0.2) is 18.2 Å². The van der Waals surface area contributed by atoms with Gasteiger partial charge in [-0.2, -0.15) is 0 Å². The number of amides is 1. The van der Waals surface area contributed by atoms with E-state index in [1.54, 1.807) is 18.2 Å². The van der Waals surface area contributed by atoms with Gasteiger partial charge in [-0.15, -0.1) is 0 Å². The molecule has 4 nitrogen and oxygen atoms in total. The van der Waals surface area contributed by atoms with E-state index in [0.29, 0.717) is 23.1 Å². The Morgan fingerprint density at radius 2 is 2.33 bits per heavy atom. The minimum absolute atomic E-state index is 0.120. The second-order valence-corrected chi connectivity index (χ2v) is 4.27. The minimum Gasteiger partial charge on any atom is -0.454 e. The van der Waals surface area contributed by atoms with Crippen LogP contribution >= 0.6 is 11.6 Å². The quantitative estimate of drug-likeness (QED) is 0.853. The molecule has 0 unspecified atom stereocenters. The Morgan fingerprint density at radius 3 is 3.11 bits per heavy atom. The summed E-state index contributed by atoms with van der Waals surface area (Å²) in [6.07, 6.45) is 4.08. The van der Waals surface area contributed by atoms with Crippen molar-refractivity contribution in [2.24, 2.45) is 0 Å². The van der Waals surface area contributed by atoms with E-state index in [1.807, 2.05) is 6.92 Å². The Kier molecular flexibility index (Phi) is 4.10.